The molecule has 0 aliphatic carbocycles. The van der Waals surface area contributed by atoms with Crippen molar-refractivity contribution in [2.75, 3.05) is 6.54 Å². The number of amides is 1. The molecule has 0 bridgehead atoms. The van der Waals surface area contributed by atoms with Crippen LogP contribution < -0.4 is 5.32 Å². The Hall–Kier alpha value is -2.65. The molecule has 10 nitrogen and oxygen atoms in total. The summed E-state index contributed by atoms with van der Waals surface area (Å²) in [4.78, 5) is 36.4. The van der Waals surface area contributed by atoms with Crippen LogP contribution in [0.2, 0.25) is 0 Å². The lowest BCUT2D eigenvalue weighted by molar-refractivity contribution is -0.512. The van der Waals surface area contributed by atoms with Gasteiger partial charge in [0.15, 0.2) is 0 Å². The van der Waals surface area contributed by atoms with Crippen LogP contribution in [0.1, 0.15) is 30.9 Å². The van der Waals surface area contributed by atoms with E-state index in [1.165, 1.54) is 12.4 Å². The second kappa shape index (κ2) is 7.82. The summed E-state index contributed by atoms with van der Waals surface area (Å²) in [7, 11) is 0. The molecule has 10 heteroatoms. The van der Waals surface area contributed by atoms with Crippen LogP contribution in [-0.4, -0.2) is 44.6 Å². The lowest BCUT2D eigenvalue weighted by Gasteiger charge is -2.10. The van der Waals surface area contributed by atoms with E-state index < -0.39 is 22.9 Å². The number of nitrogens with zero attached hydrogens (tertiary/aromatic N) is 4. The maximum atomic E-state index is 11.6. The quantitative estimate of drug-likeness (QED) is 0.312. The Labute approximate surface area is 120 Å². The number of aromatic nitrogens is 3. The second-order valence-corrected chi connectivity index (χ2v) is 4.34. The summed E-state index contributed by atoms with van der Waals surface area (Å²) in [6.45, 7) is 3.17. The van der Waals surface area contributed by atoms with Gasteiger partial charge in [0.05, 0.1) is 0 Å². The third-order valence-electron chi connectivity index (χ3n) is 2.86. The molecular formula is C11H16N6O4. The monoisotopic (exact) mass is 296 g/mol. The Morgan fingerprint density at radius 2 is 2.38 bits per heavy atom. The van der Waals surface area contributed by atoms with Crippen LogP contribution in [0.5, 0.6) is 0 Å². The Kier molecular flexibility index (Phi) is 6.11. The predicted octanol–water partition coefficient (Wildman–Crippen LogP) is 0.671. The number of hydrogen-bond donors (Lipinski definition) is 2. The summed E-state index contributed by atoms with van der Waals surface area (Å²) in [5, 5.41) is 22.0. The maximum Gasteiger partial charge on any atom is 0.288 e. The number of nitro groups is 1. The zero-order valence-electron chi connectivity index (χ0n) is 11.6. The number of carbonyl (C=O) groups excluding carboxylic acids is 1. The van der Waals surface area contributed by atoms with Crippen LogP contribution in [0.3, 0.4) is 0 Å². The minimum atomic E-state index is -0.883. The molecule has 114 valence electrons. The van der Waals surface area contributed by atoms with Gasteiger partial charge in [0.1, 0.15) is 12.4 Å². The largest absolute Gasteiger partial charge is 0.347 e. The van der Waals surface area contributed by atoms with Gasteiger partial charge in [-0.05, 0) is 18.6 Å². The van der Waals surface area contributed by atoms with Crippen molar-refractivity contribution in [1.29, 1.82) is 0 Å². The molecule has 2 atom stereocenters. The van der Waals surface area contributed by atoms with Gasteiger partial charge in [-0.25, -0.2) is 4.98 Å². The van der Waals surface area contributed by atoms with Gasteiger partial charge in [-0.2, -0.15) is 10.0 Å². The van der Waals surface area contributed by atoms with Crippen molar-refractivity contribution in [3.05, 3.63) is 38.8 Å². The molecule has 0 aliphatic rings. The molecule has 0 fully saturated rings. The van der Waals surface area contributed by atoms with E-state index in [0.29, 0.717) is 12.0 Å². The molecular weight excluding hydrogens is 280 g/mol. The van der Waals surface area contributed by atoms with E-state index in [1.807, 2.05) is 0 Å². The summed E-state index contributed by atoms with van der Waals surface area (Å²) in [5.74, 6) is -0.523. The average molecular weight is 296 g/mol. The lowest BCUT2D eigenvalue weighted by Crippen LogP contribution is -2.31. The van der Waals surface area contributed by atoms with Gasteiger partial charge in [0.2, 0.25) is 11.9 Å². The van der Waals surface area contributed by atoms with Gasteiger partial charge in [0.25, 0.3) is 5.91 Å². The van der Waals surface area contributed by atoms with E-state index in [1.54, 1.807) is 13.8 Å². The molecule has 0 aromatic carbocycles. The summed E-state index contributed by atoms with van der Waals surface area (Å²) < 4.78 is 0. The van der Waals surface area contributed by atoms with Crippen molar-refractivity contribution in [2.45, 2.75) is 32.4 Å². The Morgan fingerprint density at radius 3 is 2.86 bits per heavy atom. The van der Waals surface area contributed by atoms with Crippen LogP contribution in [0.25, 0.3) is 0 Å². The molecule has 1 aromatic heterocycles. The number of H-pyrrole nitrogens is 1. The maximum absolute atomic E-state index is 11.6. The van der Waals surface area contributed by atoms with Crippen LogP contribution >= 0.6 is 0 Å². The van der Waals surface area contributed by atoms with E-state index in [-0.39, 0.29) is 12.4 Å². The molecule has 1 heterocycles. The van der Waals surface area contributed by atoms with Gasteiger partial charge >= 0.3 is 0 Å². The van der Waals surface area contributed by atoms with Crippen molar-refractivity contribution in [2.24, 2.45) is 5.18 Å². The van der Waals surface area contributed by atoms with Crippen molar-refractivity contribution < 1.29 is 9.72 Å². The third-order valence-corrected chi connectivity index (χ3v) is 2.86. The number of nitroso groups, excluding NO2 is 1. The standard InChI is InChI=1S/C11H16N6O4/c1-3-9(17(20)21)7(2)4-8(16-19)5-12-11(18)10-13-6-14-15-10/h4,6,8-9H,3,5H2,1-2H3,(H,12,18)(H,13,14,15). The normalized spacial score (nSPS) is 14.3. The molecule has 2 N–H and O–H groups in total. The molecule has 1 rings (SSSR count). The van der Waals surface area contributed by atoms with E-state index in [9.17, 15) is 19.8 Å². The van der Waals surface area contributed by atoms with Gasteiger partial charge in [-0.1, -0.05) is 12.1 Å². The highest BCUT2D eigenvalue weighted by Crippen LogP contribution is 2.11. The highest BCUT2D eigenvalue weighted by atomic mass is 16.6. The van der Waals surface area contributed by atoms with Crippen molar-refractivity contribution in [3.63, 3.8) is 0 Å². The number of nitrogens with one attached hydrogen (secondary N) is 2. The van der Waals surface area contributed by atoms with Crippen LogP contribution in [0, 0.1) is 15.0 Å². The molecule has 0 radical (unpaired) electrons. The topological polar surface area (TPSA) is 143 Å². The lowest BCUT2D eigenvalue weighted by atomic mass is 10.0. The first-order valence-electron chi connectivity index (χ1n) is 6.27. The highest BCUT2D eigenvalue weighted by molar-refractivity contribution is 5.90. The third kappa shape index (κ3) is 4.75. The number of aromatic amines is 1. The smallest absolute Gasteiger partial charge is 0.288 e. The molecule has 0 aliphatic heterocycles. The van der Waals surface area contributed by atoms with Crippen LogP contribution in [-0.2, 0) is 0 Å². The molecule has 2 unspecified atom stereocenters. The first-order chi connectivity index (χ1) is 9.99. The van der Waals surface area contributed by atoms with Crippen LogP contribution in [0.15, 0.2) is 23.2 Å². The Balaban J connectivity index is 2.64. The molecule has 0 saturated heterocycles. The average Bonchev–Trinajstić information content (AvgIpc) is 2.97. The highest BCUT2D eigenvalue weighted by Gasteiger charge is 2.21. The number of hydrogen-bond acceptors (Lipinski definition) is 7. The number of rotatable bonds is 8. The van der Waals surface area contributed by atoms with E-state index in [2.05, 4.69) is 25.7 Å². The fourth-order valence-corrected chi connectivity index (χ4v) is 1.77. The molecule has 1 aromatic rings. The van der Waals surface area contributed by atoms with Gasteiger partial charge < -0.3 is 5.32 Å². The molecule has 0 spiro atoms. The zero-order chi connectivity index (χ0) is 15.8. The SMILES string of the molecule is CCC(C(C)=CC(CNC(=O)c1ncn[nH]1)N=O)[N+](=O)[O-]. The van der Waals surface area contributed by atoms with Crippen LogP contribution in [0.4, 0.5) is 0 Å². The second-order valence-electron chi connectivity index (χ2n) is 4.34. The minimum absolute atomic E-state index is 0.0112. The van der Waals surface area contributed by atoms with E-state index in [0.717, 1.165) is 0 Å². The fourth-order valence-electron chi connectivity index (χ4n) is 1.77. The van der Waals surface area contributed by atoms with Crippen molar-refractivity contribution >= 4 is 5.91 Å². The van der Waals surface area contributed by atoms with Gasteiger partial charge in [-0.3, -0.25) is 20.0 Å². The van der Waals surface area contributed by atoms with Crippen molar-refractivity contribution in [3.8, 4) is 0 Å². The molecule has 0 saturated carbocycles. The summed E-state index contributed by atoms with van der Waals surface area (Å²) in [6.07, 6.45) is 2.88. The van der Waals surface area contributed by atoms with Gasteiger partial charge in [0, 0.05) is 17.9 Å². The molecule has 21 heavy (non-hydrogen) atoms. The fraction of sp³-hybridized carbons (Fsp3) is 0.545. The Morgan fingerprint density at radius 1 is 1.67 bits per heavy atom. The molecule has 1 amide bonds. The first-order valence-corrected chi connectivity index (χ1v) is 6.27. The minimum Gasteiger partial charge on any atom is -0.347 e. The summed E-state index contributed by atoms with van der Waals surface area (Å²) in [5.41, 5.74) is 0.431. The predicted molar refractivity (Wildman–Crippen MR) is 73.1 cm³/mol. The first kappa shape index (κ1) is 16.4. The van der Waals surface area contributed by atoms with E-state index >= 15 is 0 Å². The van der Waals surface area contributed by atoms with Gasteiger partial charge in [-0.15, -0.1) is 0 Å². The van der Waals surface area contributed by atoms with E-state index in [4.69, 9.17) is 0 Å². The zero-order valence-corrected chi connectivity index (χ0v) is 11.6. The summed E-state index contributed by atoms with van der Waals surface area (Å²) >= 11 is 0. The Bertz CT molecular complexity index is 527. The summed E-state index contributed by atoms with van der Waals surface area (Å²) in [6, 6.07) is -1.75. The van der Waals surface area contributed by atoms with Crippen molar-refractivity contribution in [1.82, 2.24) is 20.5 Å². The number of carbonyl (C=O) groups is 1.